The summed E-state index contributed by atoms with van der Waals surface area (Å²) in [7, 11) is 1.24. The van der Waals surface area contributed by atoms with E-state index in [1.807, 2.05) is 0 Å². The smallest absolute Gasteiger partial charge is 0.407 e. The Morgan fingerprint density at radius 2 is 2.00 bits per heavy atom. The summed E-state index contributed by atoms with van der Waals surface area (Å²) in [6, 6.07) is 1.98. The van der Waals surface area contributed by atoms with Gasteiger partial charge < -0.3 is 10.5 Å². The van der Waals surface area contributed by atoms with Gasteiger partial charge in [0.2, 0.25) is 0 Å². The molecule has 84 valence electrons. The van der Waals surface area contributed by atoms with Crippen LogP contribution in [0.4, 0.5) is 13.2 Å². The van der Waals surface area contributed by atoms with E-state index < -0.39 is 12.2 Å². The molecule has 0 radical (unpaired) electrons. The summed E-state index contributed by atoms with van der Waals surface area (Å²) in [6.45, 7) is 0. The van der Waals surface area contributed by atoms with E-state index in [-0.39, 0.29) is 16.3 Å². The predicted molar refractivity (Wildman–Crippen MR) is 51.0 cm³/mol. The highest BCUT2D eigenvalue weighted by molar-refractivity contribution is 6.32. The number of ether oxygens (including phenoxy) is 1. The van der Waals surface area contributed by atoms with E-state index in [4.69, 9.17) is 22.1 Å². The van der Waals surface area contributed by atoms with E-state index in [9.17, 15) is 13.2 Å². The van der Waals surface area contributed by atoms with Gasteiger partial charge in [0.25, 0.3) is 0 Å². The first-order valence-corrected chi connectivity index (χ1v) is 4.40. The van der Waals surface area contributed by atoms with E-state index >= 15 is 0 Å². The van der Waals surface area contributed by atoms with Crippen molar-refractivity contribution in [2.24, 2.45) is 5.73 Å². The Balaban J connectivity index is 3.20. The van der Waals surface area contributed by atoms with Gasteiger partial charge >= 0.3 is 6.18 Å². The van der Waals surface area contributed by atoms with Crippen molar-refractivity contribution in [3.63, 3.8) is 0 Å². The number of hydrogen-bond donors (Lipinski definition) is 1. The van der Waals surface area contributed by atoms with Crippen molar-refractivity contribution in [2.75, 3.05) is 7.11 Å². The quantitative estimate of drug-likeness (QED) is 0.861. The third-order valence-corrected chi connectivity index (χ3v) is 2.19. The molecule has 0 bridgehead atoms. The first-order valence-electron chi connectivity index (χ1n) is 4.02. The zero-order valence-electron chi connectivity index (χ0n) is 7.81. The topological polar surface area (TPSA) is 35.2 Å². The predicted octanol–water partition coefficient (Wildman–Crippen LogP) is 2.91. The number of nitrogens with two attached hydrogens (primary N) is 1. The van der Waals surface area contributed by atoms with Crippen molar-refractivity contribution in [1.29, 1.82) is 0 Å². The lowest BCUT2D eigenvalue weighted by Gasteiger charge is -2.18. The zero-order chi connectivity index (χ0) is 11.6. The van der Waals surface area contributed by atoms with Crippen molar-refractivity contribution in [2.45, 2.75) is 12.2 Å². The molecule has 15 heavy (non-hydrogen) atoms. The summed E-state index contributed by atoms with van der Waals surface area (Å²) in [4.78, 5) is 0. The molecule has 0 fully saturated rings. The number of para-hydroxylation sites is 1. The summed E-state index contributed by atoms with van der Waals surface area (Å²) in [6.07, 6.45) is -4.52. The number of rotatable bonds is 2. The first-order chi connectivity index (χ1) is 6.88. The minimum atomic E-state index is -4.52. The highest BCUT2D eigenvalue weighted by atomic mass is 35.5. The molecule has 0 amide bonds. The van der Waals surface area contributed by atoms with Gasteiger partial charge in [0.15, 0.2) is 0 Å². The summed E-state index contributed by atoms with van der Waals surface area (Å²) < 4.78 is 41.9. The lowest BCUT2D eigenvalue weighted by Crippen LogP contribution is -2.28. The fraction of sp³-hybridized carbons (Fsp3) is 0.333. The van der Waals surface area contributed by atoms with Crippen LogP contribution in [0.5, 0.6) is 5.75 Å². The average molecular weight is 240 g/mol. The molecule has 0 saturated carbocycles. The number of halogens is 4. The molecule has 2 N–H and O–H groups in total. The van der Waals surface area contributed by atoms with Crippen molar-refractivity contribution in [3.05, 3.63) is 28.8 Å². The molecule has 0 saturated heterocycles. The van der Waals surface area contributed by atoms with Crippen LogP contribution in [0.3, 0.4) is 0 Å². The van der Waals surface area contributed by atoms with Crippen LogP contribution in [-0.4, -0.2) is 13.3 Å². The van der Waals surface area contributed by atoms with E-state index in [1.165, 1.54) is 25.3 Å². The molecule has 1 rings (SSSR count). The SMILES string of the molecule is COc1c(Cl)cccc1C(N)C(F)(F)F. The molecular weight excluding hydrogens is 231 g/mol. The van der Waals surface area contributed by atoms with Crippen LogP contribution < -0.4 is 10.5 Å². The lowest BCUT2D eigenvalue weighted by atomic mass is 10.1. The molecular formula is C9H9ClF3NO. The van der Waals surface area contributed by atoms with Crippen molar-refractivity contribution in [1.82, 2.24) is 0 Å². The molecule has 2 nitrogen and oxygen atoms in total. The van der Waals surface area contributed by atoms with E-state index in [2.05, 4.69) is 0 Å². The van der Waals surface area contributed by atoms with Crippen molar-refractivity contribution in [3.8, 4) is 5.75 Å². The minimum Gasteiger partial charge on any atom is -0.495 e. The summed E-state index contributed by atoms with van der Waals surface area (Å²) in [5.41, 5.74) is 4.88. The van der Waals surface area contributed by atoms with Crippen LogP contribution in [0.15, 0.2) is 18.2 Å². The van der Waals surface area contributed by atoms with Crippen LogP contribution in [0.25, 0.3) is 0 Å². The van der Waals surface area contributed by atoms with Gasteiger partial charge in [-0.25, -0.2) is 0 Å². The normalized spacial score (nSPS) is 13.7. The van der Waals surface area contributed by atoms with Gasteiger partial charge in [-0.05, 0) is 6.07 Å². The van der Waals surface area contributed by atoms with Crippen molar-refractivity contribution < 1.29 is 17.9 Å². The molecule has 1 unspecified atom stereocenters. The third-order valence-electron chi connectivity index (χ3n) is 1.89. The summed E-state index contributed by atoms with van der Waals surface area (Å²) in [5.74, 6) is -0.0380. The van der Waals surface area contributed by atoms with Gasteiger partial charge in [0, 0.05) is 5.56 Å². The van der Waals surface area contributed by atoms with E-state index in [1.54, 1.807) is 0 Å². The molecule has 0 aliphatic rings. The van der Waals surface area contributed by atoms with Crippen LogP contribution >= 0.6 is 11.6 Å². The molecule has 1 atom stereocenters. The first kappa shape index (κ1) is 12.1. The van der Waals surface area contributed by atoms with E-state index in [0.717, 1.165) is 0 Å². The van der Waals surface area contributed by atoms with Gasteiger partial charge in [0.05, 0.1) is 12.1 Å². The second-order valence-corrected chi connectivity index (χ2v) is 3.29. The highest BCUT2D eigenvalue weighted by Gasteiger charge is 2.39. The molecule has 6 heteroatoms. The standard InChI is InChI=1S/C9H9ClF3NO/c1-15-7-5(3-2-4-6(7)10)8(14)9(11,12)13/h2-4,8H,14H2,1H3. The molecule has 0 aliphatic carbocycles. The minimum absolute atomic E-state index is 0.0380. The maximum absolute atomic E-state index is 12.4. The second kappa shape index (κ2) is 4.28. The number of benzene rings is 1. The largest absolute Gasteiger partial charge is 0.495 e. The second-order valence-electron chi connectivity index (χ2n) is 2.88. The number of hydrogen-bond acceptors (Lipinski definition) is 2. The highest BCUT2D eigenvalue weighted by Crippen LogP contribution is 2.38. The Morgan fingerprint density at radius 3 is 2.47 bits per heavy atom. The Hall–Kier alpha value is -0.940. The monoisotopic (exact) mass is 239 g/mol. The van der Waals surface area contributed by atoms with E-state index in [0.29, 0.717) is 0 Å². The van der Waals surface area contributed by atoms with Crippen LogP contribution in [0.1, 0.15) is 11.6 Å². The zero-order valence-corrected chi connectivity index (χ0v) is 8.56. The van der Waals surface area contributed by atoms with Crippen LogP contribution in [0.2, 0.25) is 5.02 Å². The van der Waals surface area contributed by atoms with Gasteiger partial charge in [-0.2, -0.15) is 13.2 Å². The lowest BCUT2D eigenvalue weighted by molar-refractivity contribution is -0.149. The fourth-order valence-electron chi connectivity index (χ4n) is 1.16. The number of alkyl halides is 3. The molecule has 1 aromatic rings. The summed E-state index contributed by atoms with van der Waals surface area (Å²) in [5, 5.41) is 0.106. The number of methoxy groups -OCH3 is 1. The molecule has 0 aliphatic heterocycles. The molecule has 0 heterocycles. The Kier molecular flexibility index (Phi) is 3.46. The third kappa shape index (κ3) is 2.54. The van der Waals surface area contributed by atoms with Gasteiger partial charge in [-0.1, -0.05) is 23.7 Å². The maximum atomic E-state index is 12.4. The van der Waals surface area contributed by atoms with Gasteiger partial charge in [0.1, 0.15) is 11.8 Å². The Bertz CT molecular complexity index is 354. The summed E-state index contributed by atoms with van der Waals surface area (Å²) >= 11 is 5.68. The van der Waals surface area contributed by atoms with Crippen LogP contribution in [0, 0.1) is 0 Å². The maximum Gasteiger partial charge on any atom is 0.407 e. The van der Waals surface area contributed by atoms with Gasteiger partial charge in [-0.3, -0.25) is 0 Å². The molecule has 0 spiro atoms. The van der Waals surface area contributed by atoms with Crippen LogP contribution in [-0.2, 0) is 0 Å². The molecule has 0 aromatic heterocycles. The molecule has 1 aromatic carbocycles. The Labute approximate surface area is 89.8 Å². The van der Waals surface area contributed by atoms with Gasteiger partial charge in [-0.15, -0.1) is 0 Å². The van der Waals surface area contributed by atoms with Crippen molar-refractivity contribution >= 4 is 11.6 Å². The Morgan fingerprint density at radius 1 is 1.40 bits per heavy atom. The fourth-order valence-corrected chi connectivity index (χ4v) is 1.42. The average Bonchev–Trinajstić information content (AvgIpc) is 2.14.